The molecule has 0 radical (unpaired) electrons. The van der Waals surface area contributed by atoms with Crippen LogP contribution in [0.1, 0.15) is 25.7 Å². The van der Waals surface area contributed by atoms with Crippen LogP contribution in [0.15, 0.2) is 47.4 Å². The molecule has 0 amide bonds. The van der Waals surface area contributed by atoms with E-state index in [4.69, 9.17) is 5.73 Å². The molecule has 0 fully saturated rings. The van der Waals surface area contributed by atoms with Crippen molar-refractivity contribution < 1.29 is 8.42 Å². The van der Waals surface area contributed by atoms with Crippen molar-refractivity contribution in [2.75, 3.05) is 13.1 Å². The van der Waals surface area contributed by atoms with Crippen LogP contribution in [0.5, 0.6) is 0 Å². The molecule has 4 nitrogen and oxygen atoms in total. The minimum atomic E-state index is -3.45. The standard InChI is InChI=1S/C16H22N2O2S.ClH/c17-12-5-1-2-6-13-18-21(19,20)16-11-7-9-14-8-3-4-10-15(14)16;/h3-4,7-11,18H,1-2,5-6,12-13,17H2;1H. The zero-order valence-corrected chi connectivity index (χ0v) is 14.1. The van der Waals surface area contributed by atoms with Crippen LogP contribution in [-0.4, -0.2) is 21.5 Å². The van der Waals surface area contributed by atoms with Crippen LogP contribution >= 0.6 is 12.4 Å². The molecule has 0 saturated carbocycles. The molecular formula is C16H23ClN2O2S. The topological polar surface area (TPSA) is 72.2 Å². The number of hydrogen-bond acceptors (Lipinski definition) is 3. The number of sulfonamides is 1. The molecule has 0 heterocycles. The maximum Gasteiger partial charge on any atom is 0.241 e. The number of halogens is 1. The summed E-state index contributed by atoms with van der Waals surface area (Å²) in [5, 5.41) is 1.69. The molecule has 0 saturated heterocycles. The highest BCUT2D eigenvalue weighted by Crippen LogP contribution is 2.22. The minimum absolute atomic E-state index is 0. The van der Waals surface area contributed by atoms with Gasteiger partial charge in [0.2, 0.25) is 10.0 Å². The third-order valence-electron chi connectivity index (χ3n) is 3.46. The van der Waals surface area contributed by atoms with Gasteiger partial charge in [-0.15, -0.1) is 12.4 Å². The Morgan fingerprint density at radius 1 is 0.909 bits per heavy atom. The Morgan fingerprint density at radius 2 is 1.59 bits per heavy atom. The summed E-state index contributed by atoms with van der Waals surface area (Å²) in [5.41, 5.74) is 5.43. The fourth-order valence-corrected chi connectivity index (χ4v) is 3.64. The second-order valence-electron chi connectivity index (χ2n) is 5.08. The summed E-state index contributed by atoms with van der Waals surface area (Å²) in [6.07, 6.45) is 3.88. The van der Waals surface area contributed by atoms with Gasteiger partial charge in [-0.25, -0.2) is 13.1 Å². The first-order valence-electron chi connectivity index (χ1n) is 7.32. The molecule has 22 heavy (non-hydrogen) atoms. The van der Waals surface area contributed by atoms with Crippen LogP contribution in [0.2, 0.25) is 0 Å². The number of benzene rings is 2. The molecule has 0 aliphatic rings. The van der Waals surface area contributed by atoms with Crippen molar-refractivity contribution in [1.82, 2.24) is 4.72 Å². The quantitative estimate of drug-likeness (QED) is 0.724. The summed E-state index contributed by atoms with van der Waals surface area (Å²) in [4.78, 5) is 0.350. The minimum Gasteiger partial charge on any atom is -0.330 e. The van der Waals surface area contributed by atoms with Gasteiger partial charge in [0.25, 0.3) is 0 Å². The Kier molecular flexibility index (Phi) is 7.82. The van der Waals surface area contributed by atoms with Crippen molar-refractivity contribution in [3.63, 3.8) is 0 Å². The van der Waals surface area contributed by atoms with Gasteiger partial charge in [0, 0.05) is 11.9 Å². The Morgan fingerprint density at radius 3 is 2.36 bits per heavy atom. The predicted molar refractivity (Wildman–Crippen MR) is 93.9 cm³/mol. The first kappa shape index (κ1) is 18.9. The molecule has 0 spiro atoms. The number of nitrogens with one attached hydrogen (secondary N) is 1. The fraction of sp³-hybridized carbons (Fsp3) is 0.375. The maximum atomic E-state index is 12.4. The first-order valence-corrected chi connectivity index (χ1v) is 8.81. The number of hydrogen-bond donors (Lipinski definition) is 2. The summed E-state index contributed by atoms with van der Waals surface area (Å²) in [7, 11) is -3.45. The molecule has 3 N–H and O–H groups in total. The third-order valence-corrected chi connectivity index (χ3v) is 4.98. The normalized spacial score (nSPS) is 11.3. The zero-order chi connectivity index (χ0) is 15.1. The Hall–Kier alpha value is -1.14. The van der Waals surface area contributed by atoms with Gasteiger partial charge in [0.05, 0.1) is 4.90 Å². The molecule has 6 heteroatoms. The van der Waals surface area contributed by atoms with Crippen molar-refractivity contribution >= 4 is 33.2 Å². The first-order chi connectivity index (χ1) is 10.1. The Labute approximate surface area is 138 Å². The molecule has 2 rings (SSSR count). The molecular weight excluding hydrogens is 320 g/mol. The number of rotatable bonds is 8. The summed E-state index contributed by atoms with van der Waals surface area (Å²) >= 11 is 0. The molecule has 2 aromatic carbocycles. The van der Waals surface area contributed by atoms with Gasteiger partial charge in [-0.1, -0.05) is 49.2 Å². The lowest BCUT2D eigenvalue weighted by Gasteiger charge is -2.09. The van der Waals surface area contributed by atoms with E-state index in [9.17, 15) is 8.42 Å². The van der Waals surface area contributed by atoms with Gasteiger partial charge >= 0.3 is 0 Å². The van der Waals surface area contributed by atoms with Gasteiger partial charge < -0.3 is 5.73 Å². The summed E-state index contributed by atoms with van der Waals surface area (Å²) in [6.45, 7) is 1.16. The fourth-order valence-electron chi connectivity index (χ4n) is 2.34. The van der Waals surface area contributed by atoms with E-state index in [1.807, 2.05) is 30.3 Å². The van der Waals surface area contributed by atoms with Crippen LogP contribution < -0.4 is 10.5 Å². The lowest BCUT2D eigenvalue weighted by Crippen LogP contribution is -2.25. The van der Waals surface area contributed by atoms with Crippen molar-refractivity contribution in [1.29, 1.82) is 0 Å². The number of fused-ring (bicyclic) bond motifs is 1. The second kappa shape index (κ2) is 9.10. The molecule has 122 valence electrons. The maximum absolute atomic E-state index is 12.4. The molecule has 0 aliphatic carbocycles. The molecule has 0 atom stereocenters. The monoisotopic (exact) mass is 342 g/mol. The molecule has 0 bridgehead atoms. The lowest BCUT2D eigenvalue weighted by atomic mass is 10.1. The summed E-state index contributed by atoms with van der Waals surface area (Å²) in [6, 6.07) is 12.9. The van der Waals surface area contributed by atoms with Crippen molar-refractivity contribution in [2.24, 2.45) is 5.73 Å². The smallest absolute Gasteiger partial charge is 0.241 e. The van der Waals surface area contributed by atoms with Crippen LogP contribution in [0.3, 0.4) is 0 Å². The average Bonchev–Trinajstić information content (AvgIpc) is 2.50. The lowest BCUT2D eigenvalue weighted by molar-refractivity contribution is 0.573. The van der Waals surface area contributed by atoms with Gasteiger partial charge in [-0.3, -0.25) is 0 Å². The van der Waals surface area contributed by atoms with Gasteiger partial charge in [0.1, 0.15) is 0 Å². The van der Waals surface area contributed by atoms with E-state index in [2.05, 4.69) is 4.72 Å². The summed E-state index contributed by atoms with van der Waals surface area (Å²) in [5.74, 6) is 0. The van der Waals surface area contributed by atoms with Crippen LogP contribution in [0.25, 0.3) is 10.8 Å². The van der Waals surface area contributed by atoms with Gasteiger partial charge in [-0.05, 0) is 30.8 Å². The van der Waals surface area contributed by atoms with E-state index in [-0.39, 0.29) is 12.4 Å². The van der Waals surface area contributed by atoms with Crippen molar-refractivity contribution in [2.45, 2.75) is 30.6 Å². The number of unbranched alkanes of at least 4 members (excludes halogenated alkanes) is 3. The van der Waals surface area contributed by atoms with E-state index in [0.29, 0.717) is 18.0 Å². The third kappa shape index (κ3) is 4.95. The highest BCUT2D eigenvalue weighted by Gasteiger charge is 2.15. The van der Waals surface area contributed by atoms with E-state index in [0.717, 1.165) is 36.5 Å². The number of nitrogens with two attached hydrogens (primary N) is 1. The van der Waals surface area contributed by atoms with Crippen LogP contribution in [0, 0.1) is 0 Å². The highest BCUT2D eigenvalue weighted by atomic mass is 35.5. The van der Waals surface area contributed by atoms with Gasteiger partial charge in [0.15, 0.2) is 0 Å². The summed E-state index contributed by atoms with van der Waals surface area (Å²) < 4.78 is 27.5. The van der Waals surface area contributed by atoms with E-state index < -0.39 is 10.0 Å². The van der Waals surface area contributed by atoms with E-state index in [1.54, 1.807) is 12.1 Å². The van der Waals surface area contributed by atoms with Crippen molar-refractivity contribution in [3.8, 4) is 0 Å². The molecule has 2 aromatic rings. The molecule has 0 unspecified atom stereocenters. The zero-order valence-electron chi connectivity index (χ0n) is 12.5. The molecule has 0 aromatic heterocycles. The van der Waals surface area contributed by atoms with Crippen molar-refractivity contribution in [3.05, 3.63) is 42.5 Å². The van der Waals surface area contributed by atoms with Gasteiger partial charge in [-0.2, -0.15) is 0 Å². The van der Waals surface area contributed by atoms with E-state index in [1.165, 1.54) is 0 Å². The van der Waals surface area contributed by atoms with Crippen LogP contribution in [0.4, 0.5) is 0 Å². The molecule has 0 aliphatic heterocycles. The van der Waals surface area contributed by atoms with E-state index >= 15 is 0 Å². The average molecular weight is 343 g/mol. The highest BCUT2D eigenvalue weighted by molar-refractivity contribution is 7.89. The SMILES string of the molecule is Cl.NCCCCCCNS(=O)(=O)c1cccc2ccccc12. The van der Waals surface area contributed by atoms with Crippen LogP contribution in [-0.2, 0) is 10.0 Å². The second-order valence-corrected chi connectivity index (χ2v) is 6.81. The Balaban J connectivity index is 0.00000242. The largest absolute Gasteiger partial charge is 0.330 e. The Bertz CT molecular complexity index is 684. The predicted octanol–water partition coefficient (Wildman–Crippen LogP) is 3.06.